The Morgan fingerprint density at radius 1 is 1.46 bits per heavy atom. The number of nitrogens with zero attached hydrogens (tertiary/aromatic N) is 4. The molecule has 0 bridgehead atoms. The summed E-state index contributed by atoms with van der Waals surface area (Å²) in [4.78, 5) is 14.4. The summed E-state index contributed by atoms with van der Waals surface area (Å²) in [6.07, 6.45) is 2.35. The van der Waals surface area contributed by atoms with Gasteiger partial charge in [0.05, 0.1) is 43.3 Å². The van der Waals surface area contributed by atoms with Crippen LogP contribution in [0.5, 0.6) is 5.75 Å². The maximum atomic E-state index is 14.4. The fourth-order valence-electron chi connectivity index (χ4n) is 3.37. The number of likely N-dealkylation sites (tertiary alicyclic amines) is 1. The summed E-state index contributed by atoms with van der Waals surface area (Å²) in [5.41, 5.74) is 0.904. The molecule has 1 amide bonds. The highest BCUT2D eigenvalue weighted by atomic mass is 19.1. The molecule has 8 heteroatoms. The summed E-state index contributed by atoms with van der Waals surface area (Å²) in [6, 6.07) is 4.49. The minimum atomic E-state index is -0.631. The average molecular weight is 332 g/mol. The van der Waals surface area contributed by atoms with Crippen LogP contribution in [0.1, 0.15) is 28.5 Å². The number of hydrogen-bond acceptors (Lipinski definition) is 5. The van der Waals surface area contributed by atoms with Crippen LogP contribution in [0.15, 0.2) is 24.4 Å². The molecule has 0 spiro atoms. The van der Waals surface area contributed by atoms with Crippen molar-refractivity contribution in [2.75, 3.05) is 20.2 Å². The van der Waals surface area contributed by atoms with Gasteiger partial charge in [-0.25, -0.2) is 9.07 Å². The summed E-state index contributed by atoms with van der Waals surface area (Å²) in [5.74, 6) is -0.916. The molecule has 1 aromatic heterocycles. The Morgan fingerprint density at radius 3 is 3.17 bits per heavy atom. The molecule has 3 heterocycles. The van der Waals surface area contributed by atoms with Gasteiger partial charge in [-0.1, -0.05) is 11.3 Å². The first-order chi connectivity index (χ1) is 11.7. The van der Waals surface area contributed by atoms with E-state index in [1.165, 1.54) is 19.2 Å². The van der Waals surface area contributed by atoms with E-state index in [0.717, 1.165) is 5.69 Å². The van der Waals surface area contributed by atoms with Gasteiger partial charge in [-0.3, -0.25) is 4.79 Å². The van der Waals surface area contributed by atoms with Crippen molar-refractivity contribution in [2.24, 2.45) is 0 Å². The third kappa shape index (κ3) is 2.34. The molecule has 0 radical (unpaired) electrons. The molecule has 1 fully saturated rings. The van der Waals surface area contributed by atoms with E-state index in [2.05, 4.69) is 10.3 Å². The van der Waals surface area contributed by atoms with Crippen LogP contribution in [0.2, 0.25) is 0 Å². The second kappa shape index (κ2) is 5.86. The molecule has 126 valence electrons. The number of rotatable bonds is 2. The molecule has 24 heavy (non-hydrogen) atoms. The second-order valence-electron chi connectivity index (χ2n) is 5.95. The molecule has 2 aliphatic rings. The number of piperidine rings is 1. The van der Waals surface area contributed by atoms with Crippen LogP contribution in [-0.4, -0.2) is 52.1 Å². The number of methoxy groups -OCH3 is 1. The molecule has 1 aromatic carbocycles. The van der Waals surface area contributed by atoms with E-state index >= 15 is 0 Å². The predicted molar refractivity (Wildman–Crippen MR) is 81.1 cm³/mol. The minimum Gasteiger partial charge on any atom is -0.494 e. The Kier molecular flexibility index (Phi) is 3.68. The molecule has 7 nitrogen and oxygen atoms in total. The normalized spacial score (nSPS) is 22.7. The Morgan fingerprint density at radius 2 is 2.33 bits per heavy atom. The zero-order valence-electron chi connectivity index (χ0n) is 13.2. The number of benzene rings is 1. The molecular formula is C16H17FN4O3. The second-order valence-corrected chi connectivity index (χ2v) is 5.95. The molecule has 2 atom stereocenters. The van der Waals surface area contributed by atoms with Crippen molar-refractivity contribution >= 4 is 5.91 Å². The van der Waals surface area contributed by atoms with Gasteiger partial charge in [0.15, 0.2) is 11.6 Å². The SMILES string of the molecule is COc1cccc(C(=O)N2CC[C@@H]3OCc4cnnn4[C@@H]3C2)c1F. The molecule has 1 saturated heterocycles. The van der Waals surface area contributed by atoms with Crippen molar-refractivity contribution in [2.45, 2.75) is 25.2 Å². The van der Waals surface area contributed by atoms with Gasteiger partial charge < -0.3 is 14.4 Å². The number of carbonyl (C=O) groups excluding carboxylic acids is 1. The van der Waals surface area contributed by atoms with Crippen LogP contribution in [0.3, 0.4) is 0 Å². The third-order valence-corrected chi connectivity index (χ3v) is 4.63. The van der Waals surface area contributed by atoms with Gasteiger partial charge in [0.25, 0.3) is 5.91 Å². The highest BCUT2D eigenvalue weighted by Gasteiger charge is 2.38. The van der Waals surface area contributed by atoms with Gasteiger partial charge in [0.1, 0.15) is 0 Å². The standard InChI is InChI=1S/C16H17FN4O3/c1-23-14-4-2-3-11(15(14)17)16(22)20-6-5-13-12(8-20)21-10(9-24-13)7-18-19-21/h2-4,7,12-13H,5-6,8-9H2,1H3/t12-,13+/m1/s1. The van der Waals surface area contributed by atoms with Gasteiger partial charge in [-0.2, -0.15) is 0 Å². The van der Waals surface area contributed by atoms with Crippen LogP contribution >= 0.6 is 0 Å². The van der Waals surface area contributed by atoms with E-state index in [0.29, 0.717) is 26.1 Å². The van der Waals surface area contributed by atoms with Crippen LogP contribution in [0, 0.1) is 5.82 Å². The van der Waals surface area contributed by atoms with Gasteiger partial charge in [-0.15, -0.1) is 5.10 Å². The van der Waals surface area contributed by atoms with Crippen molar-refractivity contribution in [1.82, 2.24) is 19.9 Å². The van der Waals surface area contributed by atoms with Gasteiger partial charge >= 0.3 is 0 Å². The number of carbonyl (C=O) groups is 1. The lowest BCUT2D eigenvalue weighted by atomic mass is 9.99. The maximum Gasteiger partial charge on any atom is 0.257 e. The Labute approximate surface area is 138 Å². The van der Waals surface area contributed by atoms with Crippen molar-refractivity contribution in [3.8, 4) is 5.75 Å². The monoisotopic (exact) mass is 332 g/mol. The van der Waals surface area contributed by atoms with Crippen molar-refractivity contribution in [1.29, 1.82) is 0 Å². The van der Waals surface area contributed by atoms with E-state index in [-0.39, 0.29) is 29.4 Å². The Hall–Kier alpha value is -2.48. The van der Waals surface area contributed by atoms with Gasteiger partial charge in [-0.05, 0) is 18.6 Å². The van der Waals surface area contributed by atoms with Crippen LogP contribution < -0.4 is 4.74 Å². The molecule has 0 N–H and O–H groups in total. The lowest BCUT2D eigenvalue weighted by Crippen LogP contribution is -2.50. The summed E-state index contributed by atoms with van der Waals surface area (Å²) in [7, 11) is 1.38. The first-order valence-electron chi connectivity index (χ1n) is 7.81. The zero-order chi connectivity index (χ0) is 16.7. The van der Waals surface area contributed by atoms with E-state index in [4.69, 9.17) is 9.47 Å². The summed E-state index contributed by atoms with van der Waals surface area (Å²) >= 11 is 0. The smallest absolute Gasteiger partial charge is 0.257 e. The van der Waals surface area contributed by atoms with Gasteiger partial charge in [0.2, 0.25) is 0 Å². The van der Waals surface area contributed by atoms with Crippen LogP contribution in [-0.2, 0) is 11.3 Å². The first kappa shape index (κ1) is 15.1. The van der Waals surface area contributed by atoms with Crippen molar-refractivity contribution in [3.05, 3.63) is 41.5 Å². The third-order valence-electron chi connectivity index (χ3n) is 4.63. The number of ether oxygens (including phenoxy) is 2. The lowest BCUT2D eigenvalue weighted by Gasteiger charge is -2.41. The largest absolute Gasteiger partial charge is 0.494 e. The fraction of sp³-hybridized carbons (Fsp3) is 0.438. The summed E-state index contributed by atoms with van der Waals surface area (Å²) < 4.78 is 27.0. The van der Waals surface area contributed by atoms with E-state index in [1.54, 1.807) is 17.2 Å². The maximum absolute atomic E-state index is 14.4. The Bertz CT molecular complexity index is 778. The quantitative estimate of drug-likeness (QED) is 0.832. The number of hydrogen-bond donors (Lipinski definition) is 0. The molecule has 2 aromatic rings. The fourth-order valence-corrected chi connectivity index (χ4v) is 3.37. The highest BCUT2D eigenvalue weighted by molar-refractivity contribution is 5.95. The van der Waals surface area contributed by atoms with Gasteiger partial charge in [0, 0.05) is 13.1 Å². The summed E-state index contributed by atoms with van der Waals surface area (Å²) in [6.45, 7) is 1.41. The number of amides is 1. The summed E-state index contributed by atoms with van der Waals surface area (Å²) in [5, 5.41) is 8.02. The van der Waals surface area contributed by atoms with E-state index in [1.807, 2.05) is 4.68 Å². The average Bonchev–Trinajstić information content (AvgIpc) is 3.10. The molecule has 0 unspecified atom stereocenters. The zero-order valence-corrected chi connectivity index (χ0v) is 13.2. The highest BCUT2D eigenvalue weighted by Crippen LogP contribution is 2.31. The van der Waals surface area contributed by atoms with Crippen LogP contribution in [0.4, 0.5) is 4.39 Å². The number of fused-ring (bicyclic) bond motifs is 3. The first-order valence-corrected chi connectivity index (χ1v) is 7.81. The number of aromatic nitrogens is 3. The van der Waals surface area contributed by atoms with Crippen LogP contribution in [0.25, 0.3) is 0 Å². The molecule has 0 aliphatic carbocycles. The van der Waals surface area contributed by atoms with Crippen molar-refractivity contribution in [3.63, 3.8) is 0 Å². The molecule has 0 saturated carbocycles. The molecule has 2 aliphatic heterocycles. The number of halogens is 1. The molecular weight excluding hydrogens is 315 g/mol. The topological polar surface area (TPSA) is 69.5 Å². The lowest BCUT2D eigenvalue weighted by molar-refractivity contribution is -0.0605. The Balaban J connectivity index is 1.60. The predicted octanol–water partition coefficient (Wildman–Crippen LogP) is 1.41. The van der Waals surface area contributed by atoms with E-state index in [9.17, 15) is 9.18 Å². The molecule has 4 rings (SSSR count). The van der Waals surface area contributed by atoms with E-state index < -0.39 is 5.82 Å². The van der Waals surface area contributed by atoms with Crippen molar-refractivity contribution < 1.29 is 18.7 Å². The minimum absolute atomic E-state index is 0.00148.